The second-order valence-electron chi connectivity index (χ2n) is 5.58. The summed E-state index contributed by atoms with van der Waals surface area (Å²) in [6.07, 6.45) is 1.46. The Hall–Kier alpha value is -2.87. The van der Waals surface area contributed by atoms with Crippen molar-refractivity contribution in [3.63, 3.8) is 0 Å². The molecule has 140 valence electrons. The molecule has 1 heterocycles. The van der Waals surface area contributed by atoms with E-state index in [0.29, 0.717) is 33.8 Å². The first-order valence-electron chi connectivity index (χ1n) is 8.07. The van der Waals surface area contributed by atoms with E-state index < -0.39 is 17.6 Å². The van der Waals surface area contributed by atoms with Gasteiger partial charge in [0.25, 0.3) is 11.8 Å². The van der Waals surface area contributed by atoms with E-state index in [1.54, 1.807) is 12.1 Å². The molecule has 1 aliphatic heterocycles. The average molecular weight is 435 g/mol. The van der Waals surface area contributed by atoms with Gasteiger partial charge in [0.15, 0.2) is 11.5 Å². The second kappa shape index (κ2) is 7.79. The predicted molar refractivity (Wildman–Crippen MR) is 102 cm³/mol. The lowest BCUT2D eigenvalue weighted by molar-refractivity contribution is -0.117. The predicted octanol–water partition coefficient (Wildman–Crippen LogP) is 3.46. The Kier molecular flexibility index (Phi) is 5.46. The van der Waals surface area contributed by atoms with Crippen molar-refractivity contribution >= 4 is 39.5 Å². The SMILES string of the molecule is CCOc1c(Br)cc(C=C2C(=O)NN(c3ccc(F)cc3)C2=O)cc1OC. The molecule has 0 aliphatic carbocycles. The fourth-order valence-electron chi connectivity index (χ4n) is 2.60. The van der Waals surface area contributed by atoms with Crippen molar-refractivity contribution in [3.8, 4) is 11.5 Å². The smallest absolute Gasteiger partial charge is 0.282 e. The minimum absolute atomic E-state index is 0.0440. The molecule has 1 saturated heterocycles. The summed E-state index contributed by atoms with van der Waals surface area (Å²) in [7, 11) is 1.50. The fraction of sp³-hybridized carbons (Fsp3) is 0.158. The van der Waals surface area contributed by atoms with E-state index in [9.17, 15) is 14.0 Å². The Morgan fingerprint density at radius 2 is 1.93 bits per heavy atom. The molecule has 1 N–H and O–H groups in total. The van der Waals surface area contributed by atoms with Gasteiger partial charge in [-0.25, -0.2) is 9.40 Å². The number of halogens is 2. The third-order valence-electron chi connectivity index (χ3n) is 3.83. The Bertz CT molecular complexity index is 928. The number of amides is 2. The van der Waals surface area contributed by atoms with E-state index in [4.69, 9.17) is 9.47 Å². The molecule has 8 heteroatoms. The zero-order chi connectivity index (χ0) is 19.6. The third-order valence-corrected chi connectivity index (χ3v) is 4.42. The van der Waals surface area contributed by atoms with Gasteiger partial charge >= 0.3 is 0 Å². The van der Waals surface area contributed by atoms with Crippen molar-refractivity contribution in [2.45, 2.75) is 6.92 Å². The lowest BCUT2D eigenvalue weighted by atomic mass is 10.1. The number of carbonyl (C=O) groups is 2. The number of ether oxygens (including phenoxy) is 2. The number of anilines is 1. The quantitative estimate of drug-likeness (QED) is 0.577. The zero-order valence-electron chi connectivity index (χ0n) is 14.6. The lowest BCUT2D eigenvalue weighted by Crippen LogP contribution is -2.35. The maximum atomic E-state index is 13.1. The number of nitrogens with zero attached hydrogens (tertiary/aromatic N) is 1. The fourth-order valence-corrected chi connectivity index (χ4v) is 3.18. The summed E-state index contributed by atoms with van der Waals surface area (Å²) in [4.78, 5) is 24.9. The lowest BCUT2D eigenvalue weighted by Gasteiger charge is -2.14. The molecular weight excluding hydrogens is 419 g/mol. The molecule has 2 aromatic carbocycles. The van der Waals surface area contributed by atoms with Crippen LogP contribution in [-0.2, 0) is 9.59 Å². The summed E-state index contributed by atoms with van der Waals surface area (Å²) >= 11 is 3.41. The first-order chi connectivity index (χ1) is 12.9. The molecule has 6 nitrogen and oxygen atoms in total. The van der Waals surface area contributed by atoms with Crippen LogP contribution in [0.5, 0.6) is 11.5 Å². The Morgan fingerprint density at radius 3 is 2.56 bits per heavy atom. The first kappa shape index (κ1) is 18.9. The van der Waals surface area contributed by atoms with Gasteiger partial charge in [0.2, 0.25) is 0 Å². The molecule has 0 spiro atoms. The number of nitrogens with one attached hydrogen (secondary N) is 1. The molecule has 27 heavy (non-hydrogen) atoms. The summed E-state index contributed by atoms with van der Waals surface area (Å²) in [5.41, 5.74) is 3.38. The minimum Gasteiger partial charge on any atom is -0.493 e. The molecule has 0 bridgehead atoms. The Labute approximate surface area is 163 Å². The highest BCUT2D eigenvalue weighted by Gasteiger charge is 2.34. The number of benzene rings is 2. The maximum absolute atomic E-state index is 13.1. The standard InChI is InChI=1S/C19H16BrFN2O4/c1-3-27-17-15(20)9-11(10-16(17)26-2)8-14-18(24)22-23(19(14)25)13-6-4-12(21)5-7-13/h4-10H,3H2,1-2H3,(H,22,24). The molecule has 0 radical (unpaired) electrons. The first-order valence-corrected chi connectivity index (χ1v) is 8.87. The highest BCUT2D eigenvalue weighted by atomic mass is 79.9. The largest absolute Gasteiger partial charge is 0.493 e. The van der Waals surface area contributed by atoms with Gasteiger partial charge in [-0.15, -0.1) is 0 Å². The molecule has 0 aromatic heterocycles. The second-order valence-corrected chi connectivity index (χ2v) is 6.44. The summed E-state index contributed by atoms with van der Waals surface area (Å²) < 4.78 is 24.6. The summed E-state index contributed by atoms with van der Waals surface area (Å²) in [6, 6.07) is 8.64. The normalized spacial score (nSPS) is 15.3. The van der Waals surface area contributed by atoms with E-state index in [-0.39, 0.29) is 5.57 Å². The Morgan fingerprint density at radius 1 is 1.22 bits per heavy atom. The van der Waals surface area contributed by atoms with Crippen LogP contribution >= 0.6 is 15.9 Å². The molecule has 0 unspecified atom stereocenters. The summed E-state index contributed by atoms with van der Waals surface area (Å²) in [6.45, 7) is 2.32. The van der Waals surface area contributed by atoms with Gasteiger partial charge in [-0.3, -0.25) is 15.0 Å². The molecule has 2 amide bonds. The molecule has 1 aliphatic rings. The van der Waals surface area contributed by atoms with Crippen LogP contribution in [0.2, 0.25) is 0 Å². The van der Waals surface area contributed by atoms with Crippen molar-refractivity contribution < 1.29 is 23.5 Å². The molecule has 1 fully saturated rings. The monoisotopic (exact) mass is 434 g/mol. The minimum atomic E-state index is -0.548. The van der Waals surface area contributed by atoms with Gasteiger partial charge in [0, 0.05) is 0 Å². The van der Waals surface area contributed by atoms with Crippen molar-refractivity contribution in [3.05, 3.63) is 57.8 Å². The number of hydrogen-bond acceptors (Lipinski definition) is 4. The average Bonchev–Trinajstić information content (AvgIpc) is 2.92. The van der Waals surface area contributed by atoms with Gasteiger partial charge < -0.3 is 9.47 Å². The third kappa shape index (κ3) is 3.80. The topological polar surface area (TPSA) is 67.9 Å². The van der Waals surface area contributed by atoms with Crippen LogP contribution in [0.4, 0.5) is 10.1 Å². The Balaban J connectivity index is 1.95. The van der Waals surface area contributed by atoms with Gasteiger partial charge in [-0.05, 0) is 70.9 Å². The summed E-state index contributed by atoms with van der Waals surface area (Å²) in [5.74, 6) is -0.501. The van der Waals surface area contributed by atoms with Crippen LogP contribution in [0, 0.1) is 5.82 Å². The number of hydrogen-bond donors (Lipinski definition) is 1. The highest BCUT2D eigenvalue weighted by Crippen LogP contribution is 2.37. The van der Waals surface area contributed by atoms with E-state index >= 15 is 0 Å². The molecule has 2 aromatic rings. The van der Waals surface area contributed by atoms with Crippen molar-refractivity contribution in [2.75, 3.05) is 18.7 Å². The zero-order valence-corrected chi connectivity index (χ0v) is 16.2. The molecule has 0 atom stereocenters. The van der Waals surface area contributed by atoms with Crippen molar-refractivity contribution in [1.82, 2.24) is 5.43 Å². The van der Waals surface area contributed by atoms with Crippen LogP contribution in [0.3, 0.4) is 0 Å². The maximum Gasteiger partial charge on any atom is 0.282 e. The van der Waals surface area contributed by atoms with Gasteiger partial charge in [-0.1, -0.05) is 0 Å². The van der Waals surface area contributed by atoms with Gasteiger partial charge in [-0.2, -0.15) is 0 Å². The van der Waals surface area contributed by atoms with E-state index in [2.05, 4.69) is 21.4 Å². The van der Waals surface area contributed by atoms with Gasteiger partial charge in [0.1, 0.15) is 11.4 Å². The number of rotatable bonds is 5. The van der Waals surface area contributed by atoms with Crippen LogP contribution in [0.1, 0.15) is 12.5 Å². The van der Waals surface area contributed by atoms with Crippen LogP contribution < -0.4 is 19.9 Å². The summed E-state index contributed by atoms with van der Waals surface area (Å²) in [5, 5.41) is 1.08. The number of carbonyl (C=O) groups excluding carboxylic acids is 2. The van der Waals surface area contributed by atoms with Gasteiger partial charge in [0.05, 0.1) is 23.9 Å². The van der Waals surface area contributed by atoms with Crippen LogP contribution in [0.15, 0.2) is 46.4 Å². The molecule has 3 rings (SSSR count). The van der Waals surface area contributed by atoms with E-state index in [0.717, 1.165) is 5.01 Å². The van der Waals surface area contributed by atoms with E-state index in [1.165, 1.54) is 37.5 Å². The number of methoxy groups -OCH3 is 1. The van der Waals surface area contributed by atoms with Crippen LogP contribution in [0.25, 0.3) is 6.08 Å². The molecular formula is C19H16BrFN2O4. The highest BCUT2D eigenvalue weighted by molar-refractivity contribution is 9.10. The van der Waals surface area contributed by atoms with E-state index in [1.807, 2.05) is 6.92 Å². The molecule has 0 saturated carbocycles. The number of hydrazine groups is 1. The van der Waals surface area contributed by atoms with Crippen molar-refractivity contribution in [2.24, 2.45) is 0 Å². The van der Waals surface area contributed by atoms with Crippen molar-refractivity contribution in [1.29, 1.82) is 0 Å². The van der Waals surface area contributed by atoms with Crippen LogP contribution in [-0.4, -0.2) is 25.5 Å².